The van der Waals surface area contributed by atoms with Crippen LogP contribution in [0, 0.1) is 11.8 Å². The molecule has 1 spiro atoms. The molecule has 0 unspecified atom stereocenters. The van der Waals surface area contributed by atoms with Crippen molar-refractivity contribution in [1.82, 2.24) is 4.90 Å². The fourth-order valence-corrected chi connectivity index (χ4v) is 8.90. The average molecular weight is 744 g/mol. The van der Waals surface area contributed by atoms with Gasteiger partial charge in [-0.25, -0.2) is 4.79 Å². The molecule has 294 valence electrons. The van der Waals surface area contributed by atoms with Crippen LogP contribution in [0.3, 0.4) is 0 Å². The third-order valence-corrected chi connectivity index (χ3v) is 11.9. The van der Waals surface area contributed by atoms with Crippen molar-refractivity contribution in [3.63, 3.8) is 0 Å². The Balaban J connectivity index is 1.57. The average Bonchev–Trinajstić information content (AvgIpc) is 3.26. The quantitative estimate of drug-likeness (QED) is 0.0743. The number of hydrogen-bond acceptors (Lipinski definition) is 9. The lowest BCUT2D eigenvalue weighted by Crippen LogP contribution is -2.72. The lowest BCUT2D eigenvalue weighted by atomic mass is 9.51. The highest BCUT2D eigenvalue weighted by molar-refractivity contribution is 6.18. The van der Waals surface area contributed by atoms with Crippen LogP contribution in [0.2, 0.25) is 0 Å². The standard InChI is InChI=1S/C45H61NO8/c1-11-46(12-2)23-14-24-52-42(51)30(8)21-22-44-41(50)31-25-34-39(49)36-38(48)32(20-18-29(7)16-13-15-27(3)4)37(47)33(19-17-28(5)6)40(36)53-45(34,44)35(26-31)43(9,10)54-44/h15,17-18,21,25,31,35,47-48H,11-14,16,19-20,22-24,26H2,1-10H3/b29-18+,30-21-/t31-,35-,44+,45-/m1/s1. The minimum absolute atomic E-state index is 0.000192. The van der Waals surface area contributed by atoms with E-state index in [1.165, 1.54) is 5.57 Å². The van der Waals surface area contributed by atoms with E-state index in [0.717, 1.165) is 43.6 Å². The molecule has 5 aliphatic rings. The van der Waals surface area contributed by atoms with E-state index in [0.29, 0.717) is 29.6 Å². The Morgan fingerprint density at radius 3 is 2.26 bits per heavy atom. The molecule has 6 rings (SSSR count). The first-order chi connectivity index (χ1) is 25.4. The van der Waals surface area contributed by atoms with Gasteiger partial charge in [-0.3, -0.25) is 9.59 Å². The third-order valence-electron chi connectivity index (χ3n) is 11.9. The molecule has 1 aromatic rings. The van der Waals surface area contributed by atoms with Crippen molar-refractivity contribution in [2.75, 3.05) is 26.2 Å². The summed E-state index contributed by atoms with van der Waals surface area (Å²) in [5, 5.41) is 23.8. The van der Waals surface area contributed by atoms with Gasteiger partial charge < -0.3 is 29.3 Å². The summed E-state index contributed by atoms with van der Waals surface area (Å²) in [6.07, 6.45) is 12.8. The number of carbonyl (C=O) groups excluding carboxylic acids is 3. The molecule has 2 heterocycles. The van der Waals surface area contributed by atoms with Gasteiger partial charge in [-0.2, -0.15) is 0 Å². The van der Waals surface area contributed by atoms with Crippen LogP contribution in [0.1, 0.15) is 123 Å². The number of nitrogens with zero attached hydrogens (tertiary/aromatic N) is 1. The zero-order chi connectivity index (χ0) is 39.7. The van der Waals surface area contributed by atoms with Gasteiger partial charge in [0.05, 0.1) is 12.2 Å². The first-order valence-electron chi connectivity index (χ1n) is 19.7. The minimum atomic E-state index is -1.63. The van der Waals surface area contributed by atoms with Crippen LogP contribution in [0.15, 0.2) is 58.2 Å². The second kappa shape index (κ2) is 16.0. The first-order valence-corrected chi connectivity index (χ1v) is 19.7. The van der Waals surface area contributed by atoms with Gasteiger partial charge in [0.25, 0.3) is 0 Å². The monoisotopic (exact) mass is 743 g/mol. The van der Waals surface area contributed by atoms with Crippen LogP contribution < -0.4 is 4.74 Å². The lowest BCUT2D eigenvalue weighted by molar-refractivity contribution is -0.171. The maximum Gasteiger partial charge on any atom is 0.333 e. The van der Waals surface area contributed by atoms with E-state index >= 15 is 0 Å². The number of esters is 1. The Kier molecular flexibility index (Phi) is 12.2. The summed E-state index contributed by atoms with van der Waals surface area (Å²) in [5.74, 6) is -2.48. The molecule has 9 heteroatoms. The van der Waals surface area contributed by atoms with E-state index in [1.54, 1.807) is 19.1 Å². The van der Waals surface area contributed by atoms with Gasteiger partial charge >= 0.3 is 5.97 Å². The number of Topliss-reactive ketones (excluding diaryl/α,β-unsaturated/α-hetero) is 2. The second-order valence-corrected chi connectivity index (χ2v) is 16.6. The number of fused-ring (bicyclic) bond motifs is 1. The highest BCUT2D eigenvalue weighted by atomic mass is 16.6. The molecule has 4 bridgehead atoms. The summed E-state index contributed by atoms with van der Waals surface area (Å²) in [5.41, 5.74) is 0.569. The molecule has 2 fully saturated rings. The van der Waals surface area contributed by atoms with Crippen LogP contribution in [0.5, 0.6) is 17.2 Å². The molecule has 0 amide bonds. The molecular weight excluding hydrogens is 682 g/mol. The van der Waals surface area contributed by atoms with Gasteiger partial charge in [0, 0.05) is 47.1 Å². The van der Waals surface area contributed by atoms with Gasteiger partial charge in [-0.15, -0.1) is 0 Å². The predicted molar refractivity (Wildman–Crippen MR) is 211 cm³/mol. The molecule has 1 saturated heterocycles. The molecule has 0 aromatic heterocycles. The molecule has 1 aromatic carbocycles. The maximum absolute atomic E-state index is 14.9. The fourth-order valence-electron chi connectivity index (χ4n) is 8.90. The number of phenolic OH excluding ortho intramolecular Hbond substituents is 2. The topological polar surface area (TPSA) is 123 Å². The molecule has 54 heavy (non-hydrogen) atoms. The minimum Gasteiger partial charge on any atom is -0.507 e. The molecule has 4 atom stereocenters. The smallest absolute Gasteiger partial charge is 0.333 e. The van der Waals surface area contributed by atoms with Gasteiger partial charge in [0.15, 0.2) is 22.8 Å². The van der Waals surface area contributed by atoms with E-state index in [2.05, 4.69) is 38.7 Å². The van der Waals surface area contributed by atoms with E-state index in [9.17, 15) is 24.6 Å². The summed E-state index contributed by atoms with van der Waals surface area (Å²) in [6.45, 7) is 22.7. The number of ketones is 2. The summed E-state index contributed by atoms with van der Waals surface area (Å²) in [4.78, 5) is 44.9. The molecule has 2 aliphatic heterocycles. The Morgan fingerprint density at radius 1 is 0.944 bits per heavy atom. The third kappa shape index (κ3) is 7.26. The number of rotatable bonds is 16. The highest BCUT2D eigenvalue weighted by Gasteiger charge is 2.81. The molecule has 1 saturated carbocycles. The van der Waals surface area contributed by atoms with Crippen molar-refractivity contribution < 1.29 is 38.8 Å². The van der Waals surface area contributed by atoms with Gasteiger partial charge in [0.1, 0.15) is 22.8 Å². The molecule has 9 nitrogen and oxygen atoms in total. The second-order valence-electron chi connectivity index (χ2n) is 16.6. The van der Waals surface area contributed by atoms with E-state index in [4.69, 9.17) is 14.2 Å². The number of hydrogen-bond donors (Lipinski definition) is 2. The van der Waals surface area contributed by atoms with Crippen LogP contribution in [0.25, 0.3) is 0 Å². The van der Waals surface area contributed by atoms with Crippen molar-refractivity contribution in [3.8, 4) is 17.2 Å². The normalized spacial score (nSPS) is 25.2. The first kappa shape index (κ1) is 41.2. The number of ether oxygens (including phenoxy) is 3. The van der Waals surface area contributed by atoms with Gasteiger partial charge in [-0.05, 0) is 107 Å². The SMILES string of the molecule is CCN(CC)CCCOC(=O)/C(C)=C\C[C@@]12OC(C)(C)[C@H]3C[C@@H](C=C4C(=O)c5c(O)c(C/C=C(\C)CCC=C(C)C)c(O)c(CC=C(C)C)c5O[C@]431)C2=O. The van der Waals surface area contributed by atoms with Crippen molar-refractivity contribution in [1.29, 1.82) is 0 Å². The van der Waals surface area contributed by atoms with Crippen LogP contribution in [0.4, 0.5) is 0 Å². The Bertz CT molecular complexity index is 1830. The number of carbonyl (C=O) groups is 3. The highest BCUT2D eigenvalue weighted by Crippen LogP contribution is 2.68. The number of aromatic hydroxyl groups is 2. The Labute approximate surface area is 321 Å². The van der Waals surface area contributed by atoms with Crippen molar-refractivity contribution in [3.05, 3.63) is 74.9 Å². The summed E-state index contributed by atoms with van der Waals surface area (Å²) in [6, 6.07) is 0. The summed E-state index contributed by atoms with van der Waals surface area (Å²) >= 11 is 0. The predicted octanol–water partition coefficient (Wildman–Crippen LogP) is 8.46. The van der Waals surface area contributed by atoms with Crippen molar-refractivity contribution >= 4 is 17.5 Å². The molecule has 2 N–H and O–H groups in total. The van der Waals surface area contributed by atoms with Gasteiger partial charge in [0.2, 0.25) is 0 Å². The maximum atomic E-state index is 14.9. The number of allylic oxidation sites excluding steroid dienone is 7. The number of phenols is 2. The van der Waals surface area contributed by atoms with Crippen molar-refractivity contribution in [2.45, 2.75) is 131 Å². The summed E-state index contributed by atoms with van der Waals surface area (Å²) in [7, 11) is 0. The van der Waals surface area contributed by atoms with Crippen LogP contribution in [-0.2, 0) is 31.9 Å². The van der Waals surface area contributed by atoms with E-state index in [1.807, 2.05) is 46.8 Å². The molecular formula is C45H61NO8. The van der Waals surface area contributed by atoms with Gasteiger partial charge in [-0.1, -0.05) is 60.9 Å². The molecule has 3 aliphatic carbocycles. The van der Waals surface area contributed by atoms with E-state index in [-0.39, 0.29) is 60.0 Å². The Morgan fingerprint density at radius 2 is 1.61 bits per heavy atom. The van der Waals surface area contributed by atoms with Crippen LogP contribution >= 0.6 is 0 Å². The largest absolute Gasteiger partial charge is 0.507 e. The fraction of sp³-hybridized carbons (Fsp3) is 0.578. The van der Waals surface area contributed by atoms with Crippen molar-refractivity contribution in [2.24, 2.45) is 11.8 Å². The summed E-state index contributed by atoms with van der Waals surface area (Å²) < 4.78 is 19.5. The van der Waals surface area contributed by atoms with E-state index < -0.39 is 40.4 Å². The zero-order valence-electron chi connectivity index (χ0n) is 34.1. The zero-order valence-corrected chi connectivity index (χ0v) is 34.1. The van der Waals surface area contributed by atoms with Crippen LogP contribution in [-0.4, -0.2) is 75.7 Å². The Hall–Kier alpha value is -3.95. The lowest BCUT2D eigenvalue weighted by Gasteiger charge is -2.56. The number of benzene rings is 1. The molecule has 0 radical (unpaired) electrons.